The number of amidine groups is 1. The van der Waals surface area contributed by atoms with Gasteiger partial charge in [0.1, 0.15) is 10.7 Å². The van der Waals surface area contributed by atoms with Gasteiger partial charge < -0.3 is 5.32 Å². The maximum atomic E-state index is 13.0. The van der Waals surface area contributed by atoms with E-state index < -0.39 is 15.8 Å². The van der Waals surface area contributed by atoms with E-state index in [0.717, 1.165) is 5.56 Å². The van der Waals surface area contributed by atoms with Crippen LogP contribution in [0.5, 0.6) is 0 Å². The van der Waals surface area contributed by atoms with Crippen molar-refractivity contribution in [3.05, 3.63) is 58.4 Å². The minimum absolute atomic E-state index is 0.160. The number of fused-ring (bicyclic) bond motifs is 1. The monoisotopic (exact) mass is 370 g/mol. The number of hydrogen-bond donors (Lipinski definition) is 1. The van der Waals surface area contributed by atoms with Crippen LogP contribution in [-0.4, -0.2) is 13.6 Å². The van der Waals surface area contributed by atoms with Gasteiger partial charge in [0.15, 0.2) is 5.17 Å². The third-order valence-corrected chi connectivity index (χ3v) is 5.96. The topological polar surface area (TPSA) is 58.5 Å². The molecule has 0 bridgehead atoms. The zero-order chi connectivity index (χ0) is 16.6. The van der Waals surface area contributed by atoms with Crippen molar-refractivity contribution in [2.45, 2.75) is 17.6 Å². The number of rotatable bonds is 2. The van der Waals surface area contributed by atoms with Crippen LogP contribution in [0.15, 0.2) is 45.7 Å². The van der Waals surface area contributed by atoms with Gasteiger partial charge in [-0.15, -0.1) is 4.40 Å². The Morgan fingerprint density at radius 2 is 2.04 bits per heavy atom. The van der Waals surface area contributed by atoms with E-state index in [1.54, 1.807) is 18.2 Å². The minimum atomic E-state index is -3.72. The Kier molecular flexibility index (Phi) is 4.35. The molecule has 4 nitrogen and oxygen atoms in total. The molecule has 2 aromatic carbocycles. The lowest BCUT2D eigenvalue weighted by atomic mass is 10.2. The van der Waals surface area contributed by atoms with Gasteiger partial charge in [0.25, 0.3) is 10.0 Å². The molecule has 1 aliphatic rings. The first-order chi connectivity index (χ1) is 10.8. The summed E-state index contributed by atoms with van der Waals surface area (Å²) in [5.74, 6) is -0.0365. The van der Waals surface area contributed by atoms with Gasteiger partial charge in [-0.05, 0) is 42.3 Å². The first-order valence-electron chi connectivity index (χ1n) is 6.64. The summed E-state index contributed by atoms with van der Waals surface area (Å²) in [5, 5.41) is 3.58. The quantitative estimate of drug-likeness (QED) is 0.861. The van der Waals surface area contributed by atoms with Crippen LogP contribution in [0.25, 0.3) is 0 Å². The fourth-order valence-electron chi connectivity index (χ4n) is 2.11. The van der Waals surface area contributed by atoms with Crippen molar-refractivity contribution in [2.24, 2.45) is 4.40 Å². The molecule has 2 aromatic rings. The number of thioether (sulfide) groups is 1. The molecule has 3 rings (SSSR count). The third-order valence-electron chi connectivity index (χ3n) is 3.24. The Morgan fingerprint density at radius 1 is 1.26 bits per heavy atom. The molecular weight excluding hydrogens is 359 g/mol. The molecule has 1 heterocycles. The molecule has 0 saturated heterocycles. The maximum absolute atomic E-state index is 13.0. The molecule has 0 aromatic heterocycles. The van der Waals surface area contributed by atoms with Gasteiger partial charge in [-0.2, -0.15) is 8.42 Å². The molecule has 0 aliphatic carbocycles. The highest BCUT2D eigenvalue weighted by Crippen LogP contribution is 2.31. The van der Waals surface area contributed by atoms with Crippen molar-refractivity contribution in [1.82, 2.24) is 0 Å². The lowest BCUT2D eigenvalue weighted by Crippen LogP contribution is -2.19. The number of hydrogen-bond acceptors (Lipinski definition) is 4. The predicted octanol–water partition coefficient (Wildman–Crippen LogP) is 4.19. The lowest BCUT2D eigenvalue weighted by molar-refractivity contribution is 0.598. The van der Waals surface area contributed by atoms with Crippen LogP contribution in [0, 0.1) is 12.7 Å². The standard InChI is InChI=1S/C15H12ClFN2O2S2/c1-9-2-5-14-13(6-9)18-15(19-23(14,20)21)22-8-10-3-4-11(17)7-12(10)16/h2-7H,8H2,1H3,(H,18,19). The summed E-state index contributed by atoms with van der Waals surface area (Å²) in [6.45, 7) is 1.88. The van der Waals surface area contributed by atoms with Crippen molar-refractivity contribution < 1.29 is 12.8 Å². The van der Waals surface area contributed by atoms with E-state index in [4.69, 9.17) is 11.6 Å². The molecule has 0 spiro atoms. The summed E-state index contributed by atoms with van der Waals surface area (Å²) in [4.78, 5) is 0.160. The van der Waals surface area contributed by atoms with Gasteiger partial charge in [-0.25, -0.2) is 4.39 Å². The van der Waals surface area contributed by atoms with E-state index >= 15 is 0 Å². The summed E-state index contributed by atoms with van der Waals surface area (Å²) < 4.78 is 41.2. The van der Waals surface area contributed by atoms with Crippen LogP contribution in [0.1, 0.15) is 11.1 Å². The van der Waals surface area contributed by atoms with Crippen molar-refractivity contribution in [1.29, 1.82) is 0 Å². The first kappa shape index (κ1) is 16.3. The van der Waals surface area contributed by atoms with E-state index in [1.807, 2.05) is 6.92 Å². The Hall–Kier alpha value is -1.57. The predicted molar refractivity (Wildman–Crippen MR) is 92.1 cm³/mol. The van der Waals surface area contributed by atoms with Gasteiger partial charge in [0.2, 0.25) is 0 Å². The average molecular weight is 371 g/mol. The minimum Gasteiger partial charge on any atom is -0.333 e. The van der Waals surface area contributed by atoms with Crippen LogP contribution in [0.3, 0.4) is 0 Å². The van der Waals surface area contributed by atoms with Crippen molar-refractivity contribution in [3.8, 4) is 0 Å². The van der Waals surface area contributed by atoms with E-state index in [1.165, 1.54) is 30.0 Å². The van der Waals surface area contributed by atoms with E-state index in [2.05, 4.69) is 9.71 Å². The van der Waals surface area contributed by atoms with Crippen molar-refractivity contribution in [2.75, 3.05) is 5.32 Å². The summed E-state index contributed by atoms with van der Waals surface area (Å²) in [6.07, 6.45) is 0. The molecule has 0 fully saturated rings. The second kappa shape index (κ2) is 6.14. The second-order valence-corrected chi connectivity index (χ2v) is 7.96. The molecule has 1 aliphatic heterocycles. The van der Waals surface area contributed by atoms with Crippen molar-refractivity contribution >= 4 is 44.2 Å². The first-order valence-corrected chi connectivity index (χ1v) is 9.45. The highest BCUT2D eigenvalue weighted by Gasteiger charge is 2.25. The van der Waals surface area contributed by atoms with E-state index in [-0.39, 0.29) is 10.1 Å². The molecule has 0 unspecified atom stereocenters. The van der Waals surface area contributed by atoms with Gasteiger partial charge in [0.05, 0.1) is 5.69 Å². The highest BCUT2D eigenvalue weighted by atomic mass is 35.5. The number of aryl methyl sites for hydroxylation is 1. The molecule has 0 saturated carbocycles. The third kappa shape index (κ3) is 3.52. The molecule has 0 radical (unpaired) electrons. The SMILES string of the molecule is Cc1ccc2c(c1)NC(SCc1ccc(F)cc1Cl)=NS2(=O)=O. The zero-order valence-electron chi connectivity index (χ0n) is 12.0. The normalized spacial score (nSPS) is 15.5. The molecule has 0 atom stereocenters. The number of benzene rings is 2. The van der Waals surface area contributed by atoms with Crippen LogP contribution in [-0.2, 0) is 15.8 Å². The Bertz CT molecular complexity index is 914. The molecule has 0 amide bonds. The van der Waals surface area contributed by atoms with Crippen LogP contribution < -0.4 is 5.32 Å². The number of halogens is 2. The van der Waals surface area contributed by atoms with Gasteiger partial charge >= 0.3 is 0 Å². The van der Waals surface area contributed by atoms with Crippen LogP contribution in [0.4, 0.5) is 10.1 Å². The molecule has 23 heavy (non-hydrogen) atoms. The Morgan fingerprint density at radius 3 is 2.78 bits per heavy atom. The lowest BCUT2D eigenvalue weighted by Gasteiger charge is -2.18. The summed E-state index contributed by atoms with van der Waals surface area (Å²) >= 11 is 7.17. The fraction of sp³-hybridized carbons (Fsp3) is 0.133. The van der Waals surface area contributed by atoms with Crippen molar-refractivity contribution in [3.63, 3.8) is 0 Å². The highest BCUT2D eigenvalue weighted by molar-refractivity contribution is 8.14. The number of nitrogens with zero attached hydrogens (tertiary/aromatic N) is 1. The van der Waals surface area contributed by atoms with Gasteiger partial charge in [-0.3, -0.25) is 0 Å². The van der Waals surface area contributed by atoms with E-state index in [9.17, 15) is 12.8 Å². The largest absolute Gasteiger partial charge is 0.333 e. The average Bonchev–Trinajstić information content (AvgIpc) is 2.45. The zero-order valence-corrected chi connectivity index (χ0v) is 14.4. The summed E-state index contributed by atoms with van der Waals surface area (Å²) in [6, 6.07) is 9.13. The van der Waals surface area contributed by atoms with Gasteiger partial charge in [-0.1, -0.05) is 35.5 Å². The Labute approximate surface area is 142 Å². The summed E-state index contributed by atoms with van der Waals surface area (Å²) in [5.41, 5.74) is 2.15. The smallest absolute Gasteiger partial charge is 0.286 e. The number of sulfonamides is 1. The Balaban J connectivity index is 1.83. The summed E-state index contributed by atoms with van der Waals surface area (Å²) in [7, 11) is -3.72. The number of nitrogens with one attached hydrogen (secondary N) is 1. The number of anilines is 1. The van der Waals surface area contributed by atoms with E-state index in [0.29, 0.717) is 22.0 Å². The molecular formula is C15H12ClFN2O2S2. The van der Waals surface area contributed by atoms with Crippen LogP contribution >= 0.6 is 23.4 Å². The molecule has 8 heteroatoms. The molecule has 1 N–H and O–H groups in total. The molecule has 120 valence electrons. The van der Waals surface area contributed by atoms with Gasteiger partial charge in [0, 0.05) is 10.8 Å². The second-order valence-electron chi connectivity index (χ2n) is 5.02. The fourth-order valence-corrected chi connectivity index (χ4v) is 4.64. The maximum Gasteiger partial charge on any atom is 0.286 e. The van der Waals surface area contributed by atoms with Crippen LogP contribution in [0.2, 0.25) is 5.02 Å².